The van der Waals surface area contributed by atoms with Crippen LogP contribution in [0.15, 0.2) is 35.3 Å². The molecule has 0 bridgehead atoms. The maximum absolute atomic E-state index is 12.3. The van der Waals surface area contributed by atoms with Crippen LogP contribution in [0.1, 0.15) is 45.2 Å². The lowest BCUT2D eigenvalue weighted by molar-refractivity contribution is 0.0419. The van der Waals surface area contributed by atoms with Crippen LogP contribution in [0, 0.1) is 0 Å². The molecule has 0 saturated carbocycles. The predicted octanol–water partition coefficient (Wildman–Crippen LogP) is 2.61. The van der Waals surface area contributed by atoms with Crippen LogP contribution in [0.2, 0.25) is 0 Å². The van der Waals surface area contributed by atoms with Crippen molar-refractivity contribution in [3.05, 3.63) is 35.9 Å². The lowest BCUT2D eigenvalue weighted by Gasteiger charge is -2.25. The zero-order valence-corrected chi connectivity index (χ0v) is 18.6. The van der Waals surface area contributed by atoms with Gasteiger partial charge in [0.2, 0.25) is 0 Å². The van der Waals surface area contributed by atoms with Gasteiger partial charge in [-0.1, -0.05) is 30.3 Å². The highest BCUT2D eigenvalue weighted by atomic mass is 16.6. The van der Waals surface area contributed by atoms with E-state index < -0.39 is 11.7 Å². The van der Waals surface area contributed by atoms with Gasteiger partial charge in [-0.25, -0.2) is 4.79 Å². The molecule has 1 aromatic carbocycles. The minimum Gasteiger partial charge on any atom is -0.444 e. The number of alkyl carbamates (subject to hydrolysis) is 1. The van der Waals surface area contributed by atoms with Gasteiger partial charge in [0.25, 0.3) is 0 Å². The molecule has 8 heteroatoms. The van der Waals surface area contributed by atoms with Crippen LogP contribution in [-0.2, 0) is 14.2 Å². The number of ether oxygens (including phenoxy) is 3. The Morgan fingerprint density at radius 1 is 1.27 bits per heavy atom. The molecule has 1 heterocycles. The summed E-state index contributed by atoms with van der Waals surface area (Å²) in [6, 6.07) is 9.53. The van der Waals surface area contributed by atoms with E-state index in [-0.39, 0.29) is 12.1 Å². The first-order valence-electron chi connectivity index (χ1n) is 10.6. The number of guanidine groups is 1. The molecule has 168 valence electrons. The van der Waals surface area contributed by atoms with Gasteiger partial charge >= 0.3 is 6.09 Å². The normalized spacial score (nSPS) is 18.0. The van der Waals surface area contributed by atoms with Crippen LogP contribution in [0.25, 0.3) is 0 Å². The summed E-state index contributed by atoms with van der Waals surface area (Å²) in [6.07, 6.45) is 1.62. The molecule has 0 aromatic heterocycles. The van der Waals surface area contributed by atoms with Crippen LogP contribution in [0.3, 0.4) is 0 Å². The second kappa shape index (κ2) is 12.4. The van der Waals surface area contributed by atoms with E-state index in [1.807, 2.05) is 51.1 Å². The standard InChI is InChI=1S/C22H36N4O4/c1-22(2,3)30-21(27)26-19(17-9-6-5-7-10-17)15-25-20(23-4)24-12-8-13-29-18-11-14-28-16-18/h5-7,9-10,18-19H,8,11-16H2,1-4H3,(H,26,27)(H2,23,24,25). The molecular weight excluding hydrogens is 384 g/mol. The molecule has 0 aliphatic carbocycles. The molecule has 0 radical (unpaired) electrons. The minimum absolute atomic E-state index is 0.230. The van der Waals surface area contributed by atoms with Gasteiger partial charge in [-0.2, -0.15) is 0 Å². The Hall–Kier alpha value is -2.32. The van der Waals surface area contributed by atoms with Crippen molar-refractivity contribution in [3.8, 4) is 0 Å². The highest BCUT2D eigenvalue weighted by molar-refractivity contribution is 5.79. The number of carbonyl (C=O) groups excluding carboxylic acids is 1. The minimum atomic E-state index is -0.553. The highest BCUT2D eigenvalue weighted by Crippen LogP contribution is 2.14. The largest absolute Gasteiger partial charge is 0.444 e. The quantitative estimate of drug-likeness (QED) is 0.323. The number of aliphatic imine (C=N–C) groups is 1. The number of benzene rings is 1. The third-order valence-corrected chi connectivity index (χ3v) is 4.45. The molecular formula is C22H36N4O4. The van der Waals surface area contributed by atoms with Crippen LogP contribution in [0.4, 0.5) is 4.79 Å². The first-order chi connectivity index (χ1) is 14.4. The summed E-state index contributed by atoms with van der Waals surface area (Å²) in [7, 11) is 1.72. The summed E-state index contributed by atoms with van der Waals surface area (Å²) < 4.78 is 16.5. The van der Waals surface area contributed by atoms with E-state index >= 15 is 0 Å². The fourth-order valence-corrected chi connectivity index (χ4v) is 2.98. The van der Waals surface area contributed by atoms with Crippen LogP contribution >= 0.6 is 0 Å². The van der Waals surface area contributed by atoms with Crippen molar-refractivity contribution in [2.24, 2.45) is 4.99 Å². The lowest BCUT2D eigenvalue weighted by atomic mass is 10.1. The summed E-state index contributed by atoms with van der Waals surface area (Å²) >= 11 is 0. The monoisotopic (exact) mass is 420 g/mol. The summed E-state index contributed by atoms with van der Waals surface area (Å²) in [6.45, 7) is 8.92. The number of carbonyl (C=O) groups is 1. The third-order valence-electron chi connectivity index (χ3n) is 4.45. The van der Waals surface area contributed by atoms with Crippen LogP contribution in [-0.4, -0.2) is 63.7 Å². The highest BCUT2D eigenvalue weighted by Gasteiger charge is 2.21. The van der Waals surface area contributed by atoms with E-state index in [9.17, 15) is 4.79 Å². The molecule has 2 atom stereocenters. The molecule has 1 aliphatic rings. The molecule has 1 amide bonds. The van der Waals surface area contributed by atoms with Crippen molar-refractivity contribution >= 4 is 12.1 Å². The van der Waals surface area contributed by atoms with E-state index in [0.29, 0.717) is 25.7 Å². The Bertz CT molecular complexity index is 655. The molecule has 8 nitrogen and oxygen atoms in total. The Labute approximate surface area is 179 Å². The van der Waals surface area contributed by atoms with Gasteiger partial charge in [-0.05, 0) is 39.2 Å². The zero-order valence-electron chi connectivity index (χ0n) is 18.6. The number of nitrogens with one attached hydrogen (secondary N) is 3. The average molecular weight is 421 g/mol. The van der Waals surface area contributed by atoms with Crippen molar-refractivity contribution in [1.82, 2.24) is 16.0 Å². The lowest BCUT2D eigenvalue weighted by Crippen LogP contribution is -2.44. The molecule has 1 saturated heterocycles. The average Bonchev–Trinajstić information content (AvgIpc) is 3.21. The van der Waals surface area contributed by atoms with Crippen molar-refractivity contribution in [3.63, 3.8) is 0 Å². The Balaban J connectivity index is 1.79. The molecule has 1 aromatic rings. The molecule has 2 unspecified atom stereocenters. The second-order valence-corrected chi connectivity index (χ2v) is 8.20. The third kappa shape index (κ3) is 9.45. The van der Waals surface area contributed by atoms with Gasteiger partial charge in [0, 0.05) is 33.4 Å². The smallest absolute Gasteiger partial charge is 0.408 e. The molecule has 0 spiro atoms. The maximum Gasteiger partial charge on any atom is 0.408 e. The van der Waals surface area contributed by atoms with E-state index in [1.54, 1.807) is 7.05 Å². The van der Waals surface area contributed by atoms with Gasteiger partial charge in [0.15, 0.2) is 5.96 Å². The second-order valence-electron chi connectivity index (χ2n) is 8.20. The number of hydrogen-bond acceptors (Lipinski definition) is 5. The maximum atomic E-state index is 12.3. The molecule has 2 rings (SSSR count). The van der Waals surface area contributed by atoms with Crippen molar-refractivity contribution in [2.75, 3.05) is 40.0 Å². The van der Waals surface area contributed by atoms with E-state index in [2.05, 4.69) is 20.9 Å². The summed E-state index contributed by atoms with van der Waals surface area (Å²) in [5.41, 5.74) is 0.432. The number of amides is 1. The van der Waals surface area contributed by atoms with Gasteiger partial charge in [0.05, 0.1) is 18.8 Å². The van der Waals surface area contributed by atoms with Crippen molar-refractivity contribution in [1.29, 1.82) is 0 Å². The van der Waals surface area contributed by atoms with Crippen molar-refractivity contribution < 1.29 is 19.0 Å². The molecule has 1 fully saturated rings. The first-order valence-corrected chi connectivity index (χ1v) is 10.6. The fraction of sp³-hybridized carbons (Fsp3) is 0.636. The van der Waals surface area contributed by atoms with Crippen LogP contribution < -0.4 is 16.0 Å². The van der Waals surface area contributed by atoms with Gasteiger partial charge in [-0.3, -0.25) is 4.99 Å². The molecule has 30 heavy (non-hydrogen) atoms. The van der Waals surface area contributed by atoms with Gasteiger partial charge in [0.1, 0.15) is 5.60 Å². The van der Waals surface area contributed by atoms with E-state index in [4.69, 9.17) is 14.2 Å². The number of rotatable bonds is 9. The summed E-state index contributed by atoms with van der Waals surface area (Å²) in [4.78, 5) is 16.5. The van der Waals surface area contributed by atoms with Gasteiger partial charge in [-0.15, -0.1) is 0 Å². The van der Waals surface area contributed by atoms with Gasteiger partial charge < -0.3 is 30.2 Å². The van der Waals surface area contributed by atoms with Crippen LogP contribution in [0.5, 0.6) is 0 Å². The predicted molar refractivity (Wildman–Crippen MR) is 118 cm³/mol. The first kappa shape index (κ1) is 24.0. The van der Waals surface area contributed by atoms with E-state index in [1.165, 1.54) is 0 Å². The molecule has 1 aliphatic heterocycles. The SMILES string of the molecule is CN=C(NCCCOC1CCOC1)NCC(NC(=O)OC(C)(C)C)c1ccccc1. The Morgan fingerprint density at radius 2 is 2.03 bits per heavy atom. The zero-order chi connectivity index (χ0) is 21.8. The topological polar surface area (TPSA) is 93.2 Å². The summed E-state index contributed by atoms with van der Waals surface area (Å²) in [5, 5.41) is 9.49. The summed E-state index contributed by atoms with van der Waals surface area (Å²) in [5.74, 6) is 0.672. The Kier molecular flexibility index (Phi) is 9.89. The van der Waals surface area contributed by atoms with Crippen molar-refractivity contribution in [2.45, 2.75) is 51.4 Å². The number of hydrogen-bond donors (Lipinski definition) is 3. The molecule has 3 N–H and O–H groups in total. The Morgan fingerprint density at radius 3 is 2.67 bits per heavy atom. The fourth-order valence-electron chi connectivity index (χ4n) is 2.98. The number of nitrogens with zero attached hydrogens (tertiary/aromatic N) is 1. The van der Waals surface area contributed by atoms with E-state index in [0.717, 1.165) is 31.6 Å².